The van der Waals surface area contributed by atoms with Gasteiger partial charge < -0.3 is 34.8 Å². The summed E-state index contributed by atoms with van der Waals surface area (Å²) >= 11 is 13.9. The Hall–Kier alpha value is -2.75. The van der Waals surface area contributed by atoms with Crippen LogP contribution in [0.3, 0.4) is 0 Å². The van der Waals surface area contributed by atoms with Gasteiger partial charge in [0.25, 0.3) is 0 Å². The van der Waals surface area contributed by atoms with Gasteiger partial charge in [-0.3, -0.25) is 24.4 Å². The van der Waals surface area contributed by atoms with Gasteiger partial charge >= 0.3 is 16.8 Å². The van der Waals surface area contributed by atoms with Gasteiger partial charge in [0.1, 0.15) is 19.1 Å². The van der Waals surface area contributed by atoms with Gasteiger partial charge in [0, 0.05) is 30.1 Å². The molecule has 3 heterocycles. The number of hydrogen-bond donors (Lipinski definition) is 5. The lowest BCUT2D eigenvalue weighted by atomic mass is 10.1. The molecule has 1 unspecified atom stereocenters. The highest BCUT2D eigenvalue weighted by atomic mass is 35.5. The van der Waals surface area contributed by atoms with E-state index in [1.165, 1.54) is 13.2 Å². The van der Waals surface area contributed by atoms with E-state index < -0.39 is 38.2 Å². The number of esters is 1. The molecule has 1 aliphatic heterocycles. The Morgan fingerprint density at radius 1 is 1.15 bits per heavy atom. The number of hydrogen-bond acceptors (Lipinski definition) is 15. The van der Waals surface area contributed by atoms with E-state index in [2.05, 4.69) is 54.1 Å². The van der Waals surface area contributed by atoms with Crippen molar-refractivity contribution in [2.75, 3.05) is 61.6 Å². The van der Waals surface area contributed by atoms with Crippen molar-refractivity contribution >= 4 is 94.3 Å². The van der Waals surface area contributed by atoms with Gasteiger partial charge in [-0.25, -0.2) is 14.1 Å². The molecule has 54 heavy (non-hydrogen) atoms. The summed E-state index contributed by atoms with van der Waals surface area (Å²) in [6.45, 7) is 9.63. The minimum Gasteiger partial charge on any atom is -0.778 e. The number of thioether (sulfide) groups is 1. The zero-order valence-corrected chi connectivity index (χ0v) is 36.0. The molecule has 0 spiro atoms. The Kier molecular flexibility index (Phi) is 21.9. The van der Waals surface area contributed by atoms with Crippen molar-refractivity contribution in [1.82, 2.24) is 29.6 Å². The molecule has 1 atom stereocenters. The molecule has 1 aliphatic rings. The topological polar surface area (TPSA) is 238 Å². The third kappa shape index (κ3) is 20.8. The molecule has 0 saturated carbocycles. The summed E-state index contributed by atoms with van der Waals surface area (Å²) in [6, 6.07) is 2.64. The standard InChI is InChI=1S/C15H15ClFN3O3S2.C9H16ClN5.C3H8NO5P.C3H9S/c1-23-13(21)8-24-12-7-11(10(17)6-9(12)16)18-14-19-4-2-3-5-20(19)15(22)25-14;1-5-11-7-12-6(10)13-8(14-7)15-9(2,3)4;5-3(6)1-4-2-10(7,8)9;1-4(2)3/h6-7H,2-5,8H2,1H3;5H2,1-4H3,(H2,11,12,13,14,15);4H,1-2H2,(H,5,6)(H2,7,8,9);1-3H3/q;;;+1/p-1/b18-14-;;;. The van der Waals surface area contributed by atoms with Crippen molar-refractivity contribution < 1.29 is 38.2 Å². The number of nitrogens with one attached hydrogen (secondary N) is 3. The summed E-state index contributed by atoms with van der Waals surface area (Å²) in [4.78, 5) is 68.4. The highest BCUT2D eigenvalue weighted by Crippen LogP contribution is 2.33. The number of rotatable bonds is 11. The second-order valence-electron chi connectivity index (χ2n) is 12.3. The fourth-order valence-corrected chi connectivity index (χ4v) is 6.26. The summed E-state index contributed by atoms with van der Waals surface area (Å²) < 4.78 is 32.2. The Labute approximate surface area is 334 Å². The molecule has 24 heteroatoms. The maximum Gasteiger partial charge on any atom is 0.325 e. The van der Waals surface area contributed by atoms with Gasteiger partial charge in [0.05, 0.1) is 49.5 Å². The van der Waals surface area contributed by atoms with Crippen LogP contribution in [0.5, 0.6) is 0 Å². The number of carboxylic acid groups (broad SMARTS) is 1. The van der Waals surface area contributed by atoms with Crippen LogP contribution in [0.2, 0.25) is 10.3 Å². The van der Waals surface area contributed by atoms with E-state index in [0.717, 1.165) is 48.6 Å². The first kappa shape index (κ1) is 49.3. The van der Waals surface area contributed by atoms with Crippen LogP contribution in [0.15, 0.2) is 26.8 Å². The van der Waals surface area contributed by atoms with Gasteiger partial charge in [-0.2, -0.15) is 15.0 Å². The summed E-state index contributed by atoms with van der Waals surface area (Å²) in [5.74, 6) is -1.12. The van der Waals surface area contributed by atoms with Gasteiger partial charge in [-0.15, -0.1) is 11.8 Å². The lowest BCUT2D eigenvalue weighted by molar-refractivity contribution is -0.193. The number of benzene rings is 1. The maximum atomic E-state index is 14.3. The van der Waals surface area contributed by atoms with Gasteiger partial charge in [0.2, 0.25) is 22.0 Å². The third-order valence-corrected chi connectivity index (χ3v) is 8.82. The normalized spacial score (nSPS) is 13.5. The number of nitrogens with zero attached hydrogens (tertiary/aromatic N) is 6. The zero-order valence-electron chi connectivity index (χ0n) is 31.1. The van der Waals surface area contributed by atoms with Crippen LogP contribution >= 0.6 is 53.9 Å². The van der Waals surface area contributed by atoms with Crippen molar-refractivity contribution in [1.29, 1.82) is 0 Å². The van der Waals surface area contributed by atoms with E-state index in [1.54, 1.807) is 9.36 Å². The van der Waals surface area contributed by atoms with E-state index in [4.69, 9.17) is 33.2 Å². The van der Waals surface area contributed by atoms with Crippen molar-refractivity contribution in [3.63, 3.8) is 0 Å². The van der Waals surface area contributed by atoms with Crippen LogP contribution < -0.4 is 30.5 Å². The predicted molar refractivity (Wildman–Crippen MR) is 213 cm³/mol. The smallest absolute Gasteiger partial charge is 0.325 e. The second kappa shape index (κ2) is 24.0. The van der Waals surface area contributed by atoms with Gasteiger partial charge in [0.15, 0.2) is 0 Å². The maximum absolute atomic E-state index is 14.3. The molecule has 2 aromatic heterocycles. The number of fused-ring (bicyclic) bond motifs is 1. The molecular weight excluding hydrogens is 831 g/mol. The molecule has 304 valence electrons. The number of carbonyl (C=O) groups excluding carboxylic acids is 1. The Morgan fingerprint density at radius 3 is 2.28 bits per heavy atom. The average molecular weight is 879 g/mol. The molecule has 0 amide bonds. The van der Waals surface area contributed by atoms with E-state index >= 15 is 0 Å². The lowest BCUT2D eigenvalue weighted by Crippen LogP contribution is -2.31. The molecule has 0 radical (unpaired) electrons. The molecule has 3 aromatic rings. The lowest BCUT2D eigenvalue weighted by Gasteiger charge is -2.20. The van der Waals surface area contributed by atoms with Crippen LogP contribution in [-0.2, 0) is 42.9 Å². The number of ether oxygens (including phenoxy) is 1. The number of anilines is 2. The number of methoxy groups -OCH3 is 1. The second-order valence-corrected chi connectivity index (χ2v) is 19.0. The van der Waals surface area contributed by atoms with Crippen LogP contribution in [0.1, 0.15) is 40.5 Å². The number of halogens is 3. The molecule has 5 N–H and O–H groups in total. The van der Waals surface area contributed by atoms with Gasteiger partial charge in [-0.1, -0.05) is 11.6 Å². The average Bonchev–Trinajstić information content (AvgIpc) is 3.35. The molecule has 17 nitrogen and oxygen atoms in total. The Balaban J connectivity index is 0.000000427. The third-order valence-electron chi connectivity index (χ3n) is 5.70. The van der Waals surface area contributed by atoms with Crippen molar-refractivity contribution in [3.8, 4) is 0 Å². The first-order valence-corrected chi connectivity index (χ1v) is 22.7. The minimum atomic E-state index is -4.35. The minimum absolute atomic E-state index is 0.0605. The van der Waals surface area contributed by atoms with Crippen molar-refractivity contribution in [2.24, 2.45) is 4.99 Å². The Bertz CT molecular complexity index is 1850. The molecule has 0 bridgehead atoms. The van der Waals surface area contributed by atoms with Crippen LogP contribution in [0.4, 0.5) is 22.0 Å². The number of carboxylic acids is 1. The monoisotopic (exact) mass is 877 g/mol. The first-order valence-electron chi connectivity index (χ1n) is 16.0. The summed E-state index contributed by atoms with van der Waals surface area (Å²) in [5, 5.41) is 16.5. The number of aromatic nitrogens is 5. The van der Waals surface area contributed by atoms with Crippen LogP contribution in [0, 0.1) is 5.82 Å². The predicted octanol–water partition coefficient (Wildman–Crippen LogP) is 3.62. The number of aliphatic carboxylic acids is 1. The van der Waals surface area contributed by atoms with E-state index in [1.807, 2.05) is 33.0 Å². The fraction of sp³-hybridized carbons (Fsp3) is 0.567. The zero-order chi connectivity index (χ0) is 41.2. The van der Waals surface area contributed by atoms with Crippen molar-refractivity contribution in [3.05, 3.63) is 42.7 Å². The highest BCUT2D eigenvalue weighted by molar-refractivity contribution is 8.00. The van der Waals surface area contributed by atoms with E-state index in [0.29, 0.717) is 45.6 Å². The first-order chi connectivity index (χ1) is 25.0. The summed E-state index contributed by atoms with van der Waals surface area (Å²) in [5.41, 5.74) is -0.0201. The van der Waals surface area contributed by atoms with Gasteiger partial charge in [-0.05, 0) is 86.5 Å². The summed E-state index contributed by atoms with van der Waals surface area (Å²) in [6.07, 6.45) is 7.77. The highest BCUT2D eigenvalue weighted by Gasteiger charge is 2.16. The fourth-order valence-electron chi connectivity index (χ4n) is 3.71. The molecule has 0 saturated heterocycles. The van der Waals surface area contributed by atoms with E-state index in [9.17, 15) is 28.2 Å². The quantitative estimate of drug-likeness (QED) is 0.0801. The van der Waals surface area contributed by atoms with Crippen LogP contribution in [-0.4, -0.2) is 103 Å². The molecular formula is C30H47Cl2FN9O8PS3. The molecule has 0 aliphatic carbocycles. The Morgan fingerprint density at radius 2 is 1.74 bits per heavy atom. The molecule has 1 aromatic carbocycles. The largest absolute Gasteiger partial charge is 0.778 e. The molecule has 4 rings (SSSR count). The summed E-state index contributed by atoms with van der Waals surface area (Å²) in [7, 11) is -2.41. The van der Waals surface area contributed by atoms with E-state index in [-0.39, 0.29) is 32.2 Å². The molecule has 0 fully saturated rings. The number of carbonyl (C=O) groups is 2. The SMILES string of the molecule is CCNc1nc(Cl)nc(NC(C)(C)C)n1.COC(=O)CSc1cc(/N=c2\sc(=O)n3n2CCCC3)c(F)cc1Cl.C[S+](C)C.O=C(O)CNCP(=O)([O-])O. The van der Waals surface area contributed by atoms with Crippen LogP contribution in [0.25, 0.3) is 0 Å². The van der Waals surface area contributed by atoms with Crippen molar-refractivity contribution in [2.45, 2.75) is 64.1 Å².